The van der Waals surface area contributed by atoms with E-state index in [9.17, 15) is 9.18 Å². The van der Waals surface area contributed by atoms with Crippen LogP contribution in [0.5, 0.6) is 0 Å². The van der Waals surface area contributed by atoms with Crippen molar-refractivity contribution in [3.63, 3.8) is 0 Å². The van der Waals surface area contributed by atoms with E-state index < -0.39 is 5.60 Å². The maximum Gasteiger partial charge on any atom is 0.410 e. The lowest BCUT2D eigenvalue weighted by molar-refractivity contribution is 0.0204. The van der Waals surface area contributed by atoms with E-state index in [2.05, 4.69) is 0 Å². The number of nitrogens with two attached hydrogens (primary N) is 1. The summed E-state index contributed by atoms with van der Waals surface area (Å²) in [6.45, 7) is 7.09. The average molecular weight is 308 g/mol. The van der Waals surface area contributed by atoms with E-state index >= 15 is 0 Å². The Morgan fingerprint density at radius 3 is 2.50 bits per heavy atom. The summed E-state index contributed by atoms with van der Waals surface area (Å²) in [4.78, 5) is 13.7. The maximum atomic E-state index is 14.1. The predicted octanol–water partition coefficient (Wildman–Crippen LogP) is 3.40. The van der Waals surface area contributed by atoms with Crippen molar-refractivity contribution >= 4 is 6.09 Å². The molecule has 1 aromatic carbocycles. The lowest BCUT2D eigenvalue weighted by Crippen LogP contribution is -2.41. The van der Waals surface area contributed by atoms with Crippen molar-refractivity contribution in [3.8, 4) is 0 Å². The molecule has 0 unspecified atom stereocenters. The average Bonchev–Trinajstić information content (AvgIpc) is 2.45. The van der Waals surface area contributed by atoms with Crippen molar-refractivity contribution in [1.29, 1.82) is 0 Å². The van der Waals surface area contributed by atoms with E-state index in [0.29, 0.717) is 19.6 Å². The molecule has 1 aromatic rings. The summed E-state index contributed by atoms with van der Waals surface area (Å²) < 4.78 is 19.5. The van der Waals surface area contributed by atoms with Gasteiger partial charge in [-0.15, -0.1) is 0 Å². The molecule has 0 aliphatic carbocycles. The van der Waals surface area contributed by atoms with E-state index in [1.807, 2.05) is 32.9 Å². The standard InChI is InChI=1S/C17H25FN2O2/c1-17(2,3)22-16(21)20-8-6-13(7-9-20)14-5-4-12(11-19)10-15(14)18/h4-5,10,13H,6-9,11,19H2,1-3H3. The molecule has 1 heterocycles. The molecule has 1 fully saturated rings. The number of rotatable bonds is 2. The van der Waals surface area contributed by atoms with Crippen LogP contribution in [-0.4, -0.2) is 29.7 Å². The number of carbonyl (C=O) groups excluding carboxylic acids is 1. The van der Waals surface area contributed by atoms with E-state index in [4.69, 9.17) is 10.5 Å². The number of benzene rings is 1. The molecular weight excluding hydrogens is 283 g/mol. The highest BCUT2D eigenvalue weighted by atomic mass is 19.1. The lowest BCUT2D eigenvalue weighted by atomic mass is 9.88. The fourth-order valence-corrected chi connectivity index (χ4v) is 2.73. The fraction of sp³-hybridized carbons (Fsp3) is 0.588. The van der Waals surface area contributed by atoms with Crippen LogP contribution in [0.15, 0.2) is 18.2 Å². The van der Waals surface area contributed by atoms with Gasteiger partial charge in [-0.1, -0.05) is 12.1 Å². The topological polar surface area (TPSA) is 55.6 Å². The van der Waals surface area contributed by atoms with Crippen molar-refractivity contribution in [2.75, 3.05) is 13.1 Å². The molecule has 1 aliphatic rings. The fourth-order valence-electron chi connectivity index (χ4n) is 2.73. The minimum Gasteiger partial charge on any atom is -0.444 e. The monoisotopic (exact) mass is 308 g/mol. The zero-order valence-corrected chi connectivity index (χ0v) is 13.6. The van der Waals surface area contributed by atoms with Crippen LogP contribution in [0.2, 0.25) is 0 Å². The number of nitrogens with zero attached hydrogens (tertiary/aromatic N) is 1. The van der Waals surface area contributed by atoms with Crippen molar-refractivity contribution in [3.05, 3.63) is 35.1 Å². The minimum absolute atomic E-state index is 0.144. The van der Waals surface area contributed by atoms with Gasteiger partial charge in [0.15, 0.2) is 0 Å². The van der Waals surface area contributed by atoms with Crippen LogP contribution < -0.4 is 5.73 Å². The summed E-state index contributed by atoms with van der Waals surface area (Å²) in [6, 6.07) is 5.21. The smallest absolute Gasteiger partial charge is 0.410 e. The van der Waals surface area contributed by atoms with Crippen LogP contribution in [0.25, 0.3) is 0 Å². The second kappa shape index (κ2) is 6.65. The molecule has 2 rings (SSSR count). The molecule has 0 aromatic heterocycles. The number of piperidine rings is 1. The van der Waals surface area contributed by atoms with Gasteiger partial charge in [-0.25, -0.2) is 9.18 Å². The number of likely N-dealkylation sites (tertiary alicyclic amines) is 1. The SMILES string of the molecule is CC(C)(C)OC(=O)N1CCC(c2ccc(CN)cc2F)CC1. The summed E-state index contributed by atoms with van der Waals surface area (Å²) in [5.74, 6) is -0.0517. The number of hydrogen-bond donors (Lipinski definition) is 1. The van der Waals surface area contributed by atoms with E-state index in [0.717, 1.165) is 24.0 Å². The molecule has 1 amide bonds. The number of ether oxygens (including phenoxy) is 1. The molecule has 0 spiro atoms. The van der Waals surface area contributed by atoms with Crippen LogP contribution in [-0.2, 0) is 11.3 Å². The Morgan fingerprint density at radius 1 is 1.36 bits per heavy atom. The molecular formula is C17H25FN2O2. The summed E-state index contributed by atoms with van der Waals surface area (Å²) in [7, 11) is 0. The van der Waals surface area contributed by atoms with Crippen LogP contribution in [0.3, 0.4) is 0 Å². The normalized spacial score (nSPS) is 16.7. The van der Waals surface area contributed by atoms with Gasteiger partial charge in [-0.2, -0.15) is 0 Å². The quantitative estimate of drug-likeness (QED) is 0.911. The Morgan fingerprint density at radius 2 is 2.00 bits per heavy atom. The highest BCUT2D eigenvalue weighted by Crippen LogP contribution is 2.30. The number of halogens is 1. The number of carbonyl (C=O) groups is 1. The molecule has 0 saturated carbocycles. The van der Waals surface area contributed by atoms with Crippen LogP contribution >= 0.6 is 0 Å². The summed E-state index contributed by atoms with van der Waals surface area (Å²) >= 11 is 0. The molecule has 22 heavy (non-hydrogen) atoms. The molecule has 1 saturated heterocycles. The van der Waals surface area contributed by atoms with Crippen molar-refractivity contribution in [1.82, 2.24) is 4.90 Å². The first-order valence-corrected chi connectivity index (χ1v) is 7.76. The Balaban J connectivity index is 1.96. The van der Waals surface area contributed by atoms with Gasteiger partial charge in [0.05, 0.1) is 0 Å². The first kappa shape index (κ1) is 16.7. The van der Waals surface area contributed by atoms with Gasteiger partial charge >= 0.3 is 6.09 Å². The van der Waals surface area contributed by atoms with E-state index in [-0.39, 0.29) is 17.8 Å². The molecule has 5 heteroatoms. The zero-order chi connectivity index (χ0) is 16.3. The summed E-state index contributed by atoms with van der Waals surface area (Å²) in [5.41, 5.74) is 6.56. The number of hydrogen-bond acceptors (Lipinski definition) is 3. The predicted molar refractivity (Wildman–Crippen MR) is 84.1 cm³/mol. The Labute approximate surface area is 131 Å². The summed E-state index contributed by atoms with van der Waals surface area (Å²) in [6.07, 6.45) is 1.21. The van der Waals surface area contributed by atoms with Crippen molar-refractivity contribution < 1.29 is 13.9 Å². The first-order chi connectivity index (χ1) is 10.3. The molecule has 122 valence electrons. The molecule has 0 atom stereocenters. The van der Waals surface area contributed by atoms with Crippen molar-refractivity contribution in [2.24, 2.45) is 5.73 Å². The van der Waals surface area contributed by atoms with E-state index in [1.165, 1.54) is 6.07 Å². The third kappa shape index (κ3) is 4.19. The third-order valence-corrected chi connectivity index (χ3v) is 3.89. The highest BCUT2D eigenvalue weighted by Gasteiger charge is 2.28. The van der Waals surface area contributed by atoms with Gasteiger partial charge in [0.25, 0.3) is 0 Å². The van der Waals surface area contributed by atoms with Crippen LogP contribution in [0.1, 0.15) is 50.7 Å². The number of amides is 1. The first-order valence-electron chi connectivity index (χ1n) is 7.76. The molecule has 0 bridgehead atoms. The van der Waals surface area contributed by atoms with Gasteiger partial charge in [-0.3, -0.25) is 0 Å². The second-order valence-corrected chi connectivity index (χ2v) is 6.80. The van der Waals surface area contributed by atoms with Gasteiger partial charge in [-0.05, 0) is 56.7 Å². The maximum absolute atomic E-state index is 14.1. The lowest BCUT2D eigenvalue weighted by Gasteiger charge is -2.33. The zero-order valence-electron chi connectivity index (χ0n) is 13.6. The third-order valence-electron chi connectivity index (χ3n) is 3.89. The Hall–Kier alpha value is -1.62. The van der Waals surface area contributed by atoms with Crippen LogP contribution in [0.4, 0.5) is 9.18 Å². The van der Waals surface area contributed by atoms with Crippen LogP contribution in [0, 0.1) is 5.82 Å². The van der Waals surface area contributed by atoms with Crippen molar-refractivity contribution in [2.45, 2.75) is 51.7 Å². The molecule has 4 nitrogen and oxygen atoms in total. The Bertz CT molecular complexity index is 532. The van der Waals surface area contributed by atoms with Gasteiger partial charge < -0.3 is 15.4 Å². The van der Waals surface area contributed by atoms with E-state index in [1.54, 1.807) is 4.90 Å². The molecule has 2 N–H and O–H groups in total. The highest BCUT2D eigenvalue weighted by molar-refractivity contribution is 5.68. The largest absolute Gasteiger partial charge is 0.444 e. The minimum atomic E-state index is -0.488. The second-order valence-electron chi connectivity index (χ2n) is 6.80. The molecule has 1 aliphatic heterocycles. The Kier molecular flexibility index (Phi) is 5.06. The van der Waals surface area contributed by atoms with Gasteiger partial charge in [0.2, 0.25) is 0 Å². The summed E-state index contributed by atoms with van der Waals surface area (Å²) in [5, 5.41) is 0. The molecule has 0 radical (unpaired) electrons. The van der Waals surface area contributed by atoms with Gasteiger partial charge in [0.1, 0.15) is 11.4 Å². The van der Waals surface area contributed by atoms with Gasteiger partial charge in [0, 0.05) is 19.6 Å².